The van der Waals surface area contributed by atoms with Crippen LogP contribution in [0.1, 0.15) is 45.8 Å². The summed E-state index contributed by atoms with van der Waals surface area (Å²) in [6, 6.07) is 5.92. The minimum atomic E-state index is -4.48. The van der Waals surface area contributed by atoms with Gasteiger partial charge in [0.15, 0.2) is 12.4 Å². The standard InChI is InChI=1S/C22H23F3N6O3/c1-29-19(21(33)30-9-3-2-4-10-30)18(13-26-29)27-20(32)17-8-11-31(28-17)14-34-16-7-5-6-15(12-16)22(23,24)25/h5-8,11-13H,2-4,9-10,14H2,1H3,(H,27,32). The highest BCUT2D eigenvalue weighted by atomic mass is 19.4. The second kappa shape index (κ2) is 9.57. The number of benzene rings is 1. The van der Waals surface area contributed by atoms with Crippen molar-refractivity contribution in [3.8, 4) is 5.75 Å². The maximum absolute atomic E-state index is 12.9. The van der Waals surface area contributed by atoms with E-state index < -0.39 is 17.6 Å². The number of anilines is 1. The van der Waals surface area contributed by atoms with Crippen molar-refractivity contribution in [2.45, 2.75) is 32.2 Å². The molecule has 0 bridgehead atoms. The number of piperidine rings is 1. The maximum Gasteiger partial charge on any atom is 0.416 e. The Morgan fingerprint density at radius 2 is 1.91 bits per heavy atom. The fraction of sp³-hybridized carbons (Fsp3) is 0.364. The number of ether oxygens (including phenoxy) is 1. The Morgan fingerprint density at radius 1 is 1.15 bits per heavy atom. The van der Waals surface area contributed by atoms with Crippen LogP contribution in [-0.2, 0) is 20.0 Å². The first-order valence-electron chi connectivity index (χ1n) is 10.7. The van der Waals surface area contributed by atoms with Gasteiger partial charge < -0.3 is 15.0 Å². The van der Waals surface area contributed by atoms with Gasteiger partial charge in [0, 0.05) is 26.3 Å². The first kappa shape index (κ1) is 23.3. The van der Waals surface area contributed by atoms with E-state index in [2.05, 4.69) is 15.5 Å². The van der Waals surface area contributed by atoms with E-state index in [0.717, 1.165) is 31.4 Å². The number of halogens is 3. The Bertz CT molecular complexity index is 1180. The number of aryl methyl sites for hydroxylation is 1. The van der Waals surface area contributed by atoms with Crippen molar-refractivity contribution in [1.29, 1.82) is 0 Å². The van der Waals surface area contributed by atoms with Crippen LogP contribution in [0.2, 0.25) is 0 Å². The monoisotopic (exact) mass is 476 g/mol. The zero-order valence-corrected chi connectivity index (χ0v) is 18.4. The van der Waals surface area contributed by atoms with Crippen LogP contribution in [0.5, 0.6) is 5.75 Å². The number of rotatable bonds is 6. The van der Waals surface area contributed by atoms with Gasteiger partial charge >= 0.3 is 6.18 Å². The highest BCUT2D eigenvalue weighted by Gasteiger charge is 2.30. The molecule has 0 spiro atoms. The van der Waals surface area contributed by atoms with Gasteiger partial charge in [-0.25, -0.2) is 4.68 Å². The summed E-state index contributed by atoms with van der Waals surface area (Å²) in [4.78, 5) is 27.4. The summed E-state index contributed by atoms with van der Waals surface area (Å²) in [6.07, 6.45) is 1.35. The molecule has 180 valence electrons. The quantitative estimate of drug-likeness (QED) is 0.587. The molecule has 9 nitrogen and oxygen atoms in total. The summed E-state index contributed by atoms with van der Waals surface area (Å²) in [5, 5.41) is 10.9. The van der Waals surface area contributed by atoms with Gasteiger partial charge in [-0.3, -0.25) is 14.3 Å². The second-order valence-corrected chi connectivity index (χ2v) is 7.88. The zero-order chi connectivity index (χ0) is 24.3. The molecule has 0 saturated carbocycles. The number of likely N-dealkylation sites (tertiary alicyclic amines) is 1. The predicted octanol–water partition coefficient (Wildman–Crippen LogP) is 3.55. The third-order valence-corrected chi connectivity index (χ3v) is 5.43. The number of aromatic nitrogens is 4. The molecular weight excluding hydrogens is 453 g/mol. The van der Waals surface area contributed by atoms with E-state index in [1.807, 2.05) is 0 Å². The topological polar surface area (TPSA) is 94.3 Å². The van der Waals surface area contributed by atoms with Crippen LogP contribution in [0.15, 0.2) is 42.7 Å². The van der Waals surface area contributed by atoms with Crippen molar-refractivity contribution >= 4 is 17.5 Å². The molecule has 4 rings (SSSR count). The molecule has 12 heteroatoms. The Kier molecular flexibility index (Phi) is 6.57. The highest BCUT2D eigenvalue weighted by molar-refractivity contribution is 6.07. The number of nitrogens with zero attached hydrogens (tertiary/aromatic N) is 5. The summed E-state index contributed by atoms with van der Waals surface area (Å²) in [5.41, 5.74) is -0.217. The number of nitrogens with one attached hydrogen (secondary N) is 1. The van der Waals surface area contributed by atoms with Crippen molar-refractivity contribution in [2.75, 3.05) is 18.4 Å². The van der Waals surface area contributed by atoms with Gasteiger partial charge in [-0.05, 0) is 43.5 Å². The van der Waals surface area contributed by atoms with Crippen molar-refractivity contribution in [2.24, 2.45) is 7.05 Å². The van der Waals surface area contributed by atoms with Crippen LogP contribution < -0.4 is 10.1 Å². The third kappa shape index (κ3) is 5.21. The number of carbonyl (C=O) groups is 2. The van der Waals surface area contributed by atoms with E-state index in [4.69, 9.17) is 4.74 Å². The molecule has 0 unspecified atom stereocenters. The minimum Gasteiger partial charge on any atom is -0.471 e. The fourth-order valence-electron chi connectivity index (χ4n) is 3.67. The zero-order valence-electron chi connectivity index (χ0n) is 18.4. The lowest BCUT2D eigenvalue weighted by Crippen LogP contribution is -2.37. The van der Waals surface area contributed by atoms with Gasteiger partial charge in [-0.15, -0.1) is 0 Å². The second-order valence-electron chi connectivity index (χ2n) is 7.88. The molecule has 1 fully saturated rings. The van der Waals surface area contributed by atoms with Crippen LogP contribution in [0.25, 0.3) is 0 Å². The van der Waals surface area contributed by atoms with E-state index in [9.17, 15) is 22.8 Å². The van der Waals surface area contributed by atoms with Gasteiger partial charge in [0.1, 0.15) is 11.4 Å². The van der Waals surface area contributed by atoms with E-state index in [1.54, 1.807) is 11.9 Å². The van der Waals surface area contributed by atoms with E-state index >= 15 is 0 Å². The molecule has 1 aliphatic heterocycles. The molecule has 0 aliphatic carbocycles. The summed E-state index contributed by atoms with van der Waals surface area (Å²) >= 11 is 0. The molecule has 2 aromatic heterocycles. The lowest BCUT2D eigenvalue weighted by molar-refractivity contribution is -0.137. The average Bonchev–Trinajstić information content (AvgIpc) is 3.44. The van der Waals surface area contributed by atoms with Crippen molar-refractivity contribution in [3.05, 3.63) is 59.7 Å². The molecule has 3 heterocycles. The van der Waals surface area contributed by atoms with Gasteiger partial charge in [0.2, 0.25) is 0 Å². The van der Waals surface area contributed by atoms with Crippen LogP contribution in [0.4, 0.5) is 18.9 Å². The van der Waals surface area contributed by atoms with Crippen molar-refractivity contribution < 1.29 is 27.5 Å². The molecule has 2 amide bonds. The summed E-state index contributed by atoms with van der Waals surface area (Å²) < 4.78 is 46.6. The predicted molar refractivity (Wildman–Crippen MR) is 115 cm³/mol. The van der Waals surface area contributed by atoms with Crippen LogP contribution in [0.3, 0.4) is 0 Å². The number of hydrogen-bond donors (Lipinski definition) is 1. The summed E-state index contributed by atoms with van der Waals surface area (Å²) in [6.45, 7) is 1.13. The average molecular weight is 476 g/mol. The minimum absolute atomic E-state index is 0.0209. The molecule has 0 atom stereocenters. The largest absolute Gasteiger partial charge is 0.471 e. The van der Waals surface area contributed by atoms with Gasteiger partial charge in [0.25, 0.3) is 11.8 Å². The molecule has 1 aliphatic rings. The molecule has 0 radical (unpaired) electrons. The Labute approximate surface area is 193 Å². The first-order valence-corrected chi connectivity index (χ1v) is 10.7. The molecule has 34 heavy (non-hydrogen) atoms. The Balaban J connectivity index is 1.40. The fourth-order valence-corrected chi connectivity index (χ4v) is 3.67. The van der Waals surface area contributed by atoms with Gasteiger partial charge in [-0.1, -0.05) is 6.07 Å². The van der Waals surface area contributed by atoms with E-state index in [0.29, 0.717) is 13.1 Å². The van der Waals surface area contributed by atoms with Gasteiger partial charge in [0.05, 0.1) is 17.4 Å². The lowest BCUT2D eigenvalue weighted by Gasteiger charge is -2.27. The van der Waals surface area contributed by atoms with Crippen LogP contribution >= 0.6 is 0 Å². The Morgan fingerprint density at radius 3 is 2.65 bits per heavy atom. The molecule has 1 aromatic carbocycles. The van der Waals surface area contributed by atoms with E-state index in [1.165, 1.54) is 40.0 Å². The number of hydrogen-bond acceptors (Lipinski definition) is 5. The summed E-state index contributed by atoms with van der Waals surface area (Å²) in [5.74, 6) is -0.735. The smallest absolute Gasteiger partial charge is 0.416 e. The Hall–Kier alpha value is -3.83. The van der Waals surface area contributed by atoms with Gasteiger partial charge in [-0.2, -0.15) is 23.4 Å². The summed E-state index contributed by atoms with van der Waals surface area (Å²) in [7, 11) is 1.63. The SMILES string of the molecule is Cn1ncc(NC(=O)c2ccn(COc3cccc(C(F)(F)F)c3)n2)c1C(=O)N1CCCCC1. The van der Waals surface area contributed by atoms with E-state index in [-0.39, 0.29) is 35.5 Å². The number of carbonyl (C=O) groups excluding carboxylic acids is 2. The molecule has 1 N–H and O–H groups in total. The number of amides is 2. The third-order valence-electron chi connectivity index (χ3n) is 5.43. The molecule has 1 saturated heterocycles. The molecular formula is C22H23F3N6O3. The molecule has 3 aromatic rings. The van der Waals surface area contributed by atoms with Crippen LogP contribution in [0, 0.1) is 0 Å². The maximum atomic E-state index is 12.9. The number of alkyl halides is 3. The van der Waals surface area contributed by atoms with Crippen LogP contribution in [-0.4, -0.2) is 49.4 Å². The van der Waals surface area contributed by atoms with Crippen molar-refractivity contribution in [3.63, 3.8) is 0 Å². The first-order chi connectivity index (χ1) is 16.2. The lowest BCUT2D eigenvalue weighted by atomic mass is 10.1. The normalized spacial score (nSPS) is 14.2. The van der Waals surface area contributed by atoms with Crippen molar-refractivity contribution in [1.82, 2.24) is 24.5 Å². The highest BCUT2D eigenvalue weighted by Crippen LogP contribution is 2.31.